The summed E-state index contributed by atoms with van der Waals surface area (Å²) in [5.74, 6) is 0.779. The smallest absolute Gasteiger partial charge is 0.332 e. The van der Waals surface area contributed by atoms with E-state index in [1.807, 2.05) is 33.3 Å². The second kappa shape index (κ2) is 6.72. The van der Waals surface area contributed by atoms with Crippen molar-refractivity contribution in [2.45, 2.75) is 52.1 Å². The first kappa shape index (κ1) is 18.1. The van der Waals surface area contributed by atoms with Crippen LogP contribution in [0.2, 0.25) is 0 Å². The maximum Gasteiger partial charge on any atom is 0.332 e. The quantitative estimate of drug-likeness (QED) is 0.699. The normalized spacial score (nSPS) is 22.7. The Morgan fingerprint density at radius 1 is 1.26 bits per heavy atom. The average molecular weight is 374 g/mol. The predicted octanol–water partition coefficient (Wildman–Crippen LogP) is -0.0306. The minimum absolute atomic E-state index is 0.240. The van der Waals surface area contributed by atoms with Crippen LogP contribution in [0.3, 0.4) is 0 Å². The third-order valence-corrected chi connectivity index (χ3v) is 5.26. The first-order valence-corrected chi connectivity index (χ1v) is 9.40. The van der Waals surface area contributed by atoms with Gasteiger partial charge in [-0.1, -0.05) is 13.8 Å². The predicted molar refractivity (Wildman–Crippen MR) is 98.2 cm³/mol. The minimum atomic E-state index is -0.547. The van der Waals surface area contributed by atoms with Crippen molar-refractivity contribution in [2.24, 2.45) is 13.0 Å². The van der Waals surface area contributed by atoms with E-state index >= 15 is 0 Å². The average Bonchev–Trinajstić information content (AvgIpc) is 3.20. The molecule has 0 aromatic carbocycles. The van der Waals surface area contributed by atoms with Crippen molar-refractivity contribution < 1.29 is 4.74 Å². The highest BCUT2D eigenvalue weighted by Crippen LogP contribution is 2.31. The molecule has 9 nitrogen and oxygen atoms in total. The van der Waals surface area contributed by atoms with Gasteiger partial charge >= 0.3 is 11.1 Å². The molecule has 2 aromatic rings. The molecule has 1 spiro atoms. The third-order valence-electron chi connectivity index (χ3n) is 5.26. The molecule has 27 heavy (non-hydrogen) atoms. The summed E-state index contributed by atoms with van der Waals surface area (Å²) in [6.45, 7) is 7.47. The number of hydrogen-bond donors (Lipinski definition) is 0. The van der Waals surface area contributed by atoms with Gasteiger partial charge in [-0.25, -0.2) is 4.68 Å². The van der Waals surface area contributed by atoms with Gasteiger partial charge < -0.3 is 4.74 Å². The van der Waals surface area contributed by atoms with Gasteiger partial charge in [0.25, 0.3) is 0 Å². The molecule has 146 valence electrons. The number of rotatable bonds is 4. The second-order valence-electron chi connectivity index (χ2n) is 8.14. The molecule has 0 unspecified atom stereocenters. The molecule has 0 aliphatic carbocycles. The maximum absolute atomic E-state index is 12.6. The Hall–Kier alpha value is -2.26. The zero-order valence-corrected chi connectivity index (χ0v) is 16.1. The number of aryl methyl sites for hydroxylation is 1. The molecule has 0 N–H and O–H groups in total. The molecule has 4 heterocycles. The molecule has 1 fully saturated rings. The molecule has 0 bridgehead atoms. The Morgan fingerprint density at radius 3 is 2.78 bits per heavy atom. The summed E-state index contributed by atoms with van der Waals surface area (Å²) in [7, 11) is 1.90. The van der Waals surface area contributed by atoms with Crippen molar-refractivity contribution in [3.05, 3.63) is 44.5 Å². The Balaban J connectivity index is 1.54. The molecule has 2 aliphatic rings. The van der Waals surface area contributed by atoms with E-state index in [1.54, 1.807) is 4.68 Å². The SMILES string of the molecule is CC(C)Cn1nc2n(c(=O)c1=O)C[C@@]1(CCN(Cc3cnn(C)c3)C1)OC2. The van der Waals surface area contributed by atoms with Crippen molar-refractivity contribution >= 4 is 0 Å². The van der Waals surface area contributed by atoms with E-state index in [-0.39, 0.29) is 12.5 Å². The summed E-state index contributed by atoms with van der Waals surface area (Å²) in [6, 6.07) is 0. The van der Waals surface area contributed by atoms with E-state index in [2.05, 4.69) is 15.1 Å². The Kier molecular flexibility index (Phi) is 4.51. The van der Waals surface area contributed by atoms with Crippen LogP contribution in [-0.2, 0) is 38.0 Å². The van der Waals surface area contributed by atoms with Gasteiger partial charge in [0.2, 0.25) is 0 Å². The maximum atomic E-state index is 12.6. The Bertz CT molecular complexity index is 959. The summed E-state index contributed by atoms with van der Waals surface area (Å²) >= 11 is 0. The van der Waals surface area contributed by atoms with Gasteiger partial charge in [0, 0.05) is 45.0 Å². The van der Waals surface area contributed by atoms with Gasteiger partial charge in [-0.3, -0.25) is 23.7 Å². The largest absolute Gasteiger partial charge is 0.364 e. The van der Waals surface area contributed by atoms with Crippen molar-refractivity contribution in [1.29, 1.82) is 0 Å². The summed E-state index contributed by atoms with van der Waals surface area (Å²) in [6.07, 6.45) is 4.70. The zero-order chi connectivity index (χ0) is 19.2. The topological polar surface area (TPSA) is 87.2 Å². The fourth-order valence-electron chi connectivity index (χ4n) is 3.99. The van der Waals surface area contributed by atoms with Crippen molar-refractivity contribution in [1.82, 2.24) is 29.0 Å². The second-order valence-corrected chi connectivity index (χ2v) is 8.14. The van der Waals surface area contributed by atoms with E-state index in [1.165, 1.54) is 9.25 Å². The van der Waals surface area contributed by atoms with Gasteiger partial charge in [-0.05, 0) is 12.3 Å². The lowest BCUT2D eigenvalue weighted by Crippen LogP contribution is -2.53. The van der Waals surface area contributed by atoms with Gasteiger partial charge in [0.05, 0.1) is 12.7 Å². The highest BCUT2D eigenvalue weighted by Gasteiger charge is 2.43. The Morgan fingerprint density at radius 2 is 2.07 bits per heavy atom. The molecule has 2 aliphatic heterocycles. The zero-order valence-electron chi connectivity index (χ0n) is 16.1. The van der Waals surface area contributed by atoms with Crippen LogP contribution in [0.5, 0.6) is 0 Å². The van der Waals surface area contributed by atoms with E-state index in [0.717, 1.165) is 31.6 Å². The number of nitrogens with zero attached hydrogens (tertiary/aromatic N) is 6. The molecule has 4 rings (SSSR count). The molecule has 0 radical (unpaired) electrons. The summed E-state index contributed by atoms with van der Waals surface area (Å²) < 4.78 is 10.8. The lowest BCUT2D eigenvalue weighted by Gasteiger charge is -2.35. The monoisotopic (exact) mass is 374 g/mol. The number of hydrogen-bond acceptors (Lipinski definition) is 6. The fraction of sp³-hybridized carbons (Fsp3) is 0.667. The molecule has 1 saturated heterocycles. The molecule has 9 heteroatoms. The molecule has 0 amide bonds. The van der Waals surface area contributed by atoms with Crippen molar-refractivity contribution in [3.63, 3.8) is 0 Å². The van der Waals surface area contributed by atoms with E-state index in [0.29, 0.717) is 18.9 Å². The van der Waals surface area contributed by atoms with Crippen LogP contribution < -0.4 is 11.1 Å². The van der Waals surface area contributed by atoms with Crippen LogP contribution in [0.4, 0.5) is 0 Å². The molecular weight excluding hydrogens is 348 g/mol. The Labute approximate surface area is 157 Å². The van der Waals surface area contributed by atoms with Gasteiger partial charge in [-0.15, -0.1) is 0 Å². The van der Waals surface area contributed by atoms with E-state index in [4.69, 9.17) is 4.74 Å². The number of likely N-dealkylation sites (tertiary alicyclic amines) is 1. The highest BCUT2D eigenvalue weighted by molar-refractivity contribution is 5.06. The standard InChI is InChI=1S/C18H26N6O3/c1-13(2)7-24-17(26)16(25)23-12-18(27-10-15(23)20-24)4-5-22(11-18)9-14-6-19-21(3)8-14/h6,8,13H,4-5,7,9-12H2,1-3H3/t18-/m0/s1. The first-order chi connectivity index (χ1) is 12.8. The first-order valence-electron chi connectivity index (χ1n) is 9.40. The molecule has 2 aromatic heterocycles. The lowest BCUT2D eigenvalue weighted by molar-refractivity contribution is -0.0859. The molecular formula is C18H26N6O3. The van der Waals surface area contributed by atoms with Crippen molar-refractivity contribution in [3.8, 4) is 0 Å². The van der Waals surface area contributed by atoms with Gasteiger partial charge in [0.1, 0.15) is 12.2 Å². The highest BCUT2D eigenvalue weighted by atomic mass is 16.5. The minimum Gasteiger partial charge on any atom is -0.364 e. The van der Waals surface area contributed by atoms with Gasteiger partial charge in [-0.2, -0.15) is 10.2 Å². The van der Waals surface area contributed by atoms with E-state index in [9.17, 15) is 9.59 Å². The summed E-state index contributed by atoms with van der Waals surface area (Å²) in [5.41, 5.74) is -0.317. The van der Waals surface area contributed by atoms with Gasteiger partial charge in [0.15, 0.2) is 5.82 Å². The molecule has 1 atom stereocenters. The number of ether oxygens (including phenoxy) is 1. The fourth-order valence-corrected chi connectivity index (χ4v) is 3.99. The van der Waals surface area contributed by atoms with Crippen LogP contribution in [0.25, 0.3) is 0 Å². The third kappa shape index (κ3) is 3.49. The molecule has 0 saturated carbocycles. The van der Waals surface area contributed by atoms with Crippen molar-refractivity contribution in [2.75, 3.05) is 13.1 Å². The number of fused-ring (bicyclic) bond motifs is 1. The van der Waals surface area contributed by atoms with Crippen LogP contribution in [0.15, 0.2) is 22.0 Å². The van der Waals surface area contributed by atoms with Crippen LogP contribution in [0.1, 0.15) is 31.7 Å². The van der Waals surface area contributed by atoms with Crippen LogP contribution >= 0.6 is 0 Å². The van der Waals surface area contributed by atoms with Crippen LogP contribution in [0, 0.1) is 5.92 Å². The summed E-state index contributed by atoms with van der Waals surface area (Å²) in [4.78, 5) is 27.3. The number of aromatic nitrogens is 5. The summed E-state index contributed by atoms with van der Waals surface area (Å²) in [5, 5.41) is 8.59. The van der Waals surface area contributed by atoms with Crippen LogP contribution in [-0.4, -0.2) is 47.7 Å². The lowest BCUT2D eigenvalue weighted by atomic mass is 10.0. The van der Waals surface area contributed by atoms with E-state index < -0.39 is 16.7 Å².